The summed E-state index contributed by atoms with van der Waals surface area (Å²) >= 11 is 4.54. The van der Waals surface area contributed by atoms with Crippen LogP contribution in [0, 0.1) is 11.8 Å². The number of hydrogen-bond acceptors (Lipinski definition) is 4. The maximum absolute atomic E-state index is 8.53. The molecule has 0 aromatic carbocycles. The number of rotatable bonds is 1. The van der Waals surface area contributed by atoms with Crippen molar-refractivity contribution >= 4 is 12.2 Å². The lowest BCUT2D eigenvalue weighted by Gasteiger charge is -1.82. The molecule has 50 valence electrons. The predicted octanol–water partition coefficient (Wildman–Crippen LogP) is 1.40. The topological polar surface area (TPSA) is 46.5 Å². The highest BCUT2D eigenvalue weighted by atomic mass is 32.1. The van der Waals surface area contributed by atoms with Crippen molar-refractivity contribution in [3.8, 4) is 0 Å². The lowest BCUT2D eigenvalue weighted by atomic mass is 10.4. The molecular formula is C5H6O3S. The van der Waals surface area contributed by atoms with E-state index in [1.54, 1.807) is 6.92 Å². The smallest absolute Gasteiger partial charge is 0.363 e. The Hall–Kier alpha value is -0.610. The summed E-state index contributed by atoms with van der Waals surface area (Å²) in [6.07, 6.45) is 0. The van der Waals surface area contributed by atoms with Gasteiger partial charge in [-0.2, -0.15) is 0 Å². The van der Waals surface area contributed by atoms with Crippen molar-refractivity contribution in [3.05, 3.63) is 16.4 Å². The fourth-order valence-corrected chi connectivity index (χ4v) is 0.744. The van der Waals surface area contributed by atoms with E-state index in [-0.39, 0.29) is 11.5 Å². The zero-order valence-electron chi connectivity index (χ0n) is 4.88. The van der Waals surface area contributed by atoms with Gasteiger partial charge in [0.1, 0.15) is 12.4 Å². The zero-order chi connectivity index (χ0) is 6.85. The summed E-state index contributed by atoms with van der Waals surface area (Å²) in [5.74, 6) is 0.947. The van der Waals surface area contributed by atoms with Crippen molar-refractivity contribution in [2.45, 2.75) is 13.5 Å². The lowest BCUT2D eigenvalue weighted by molar-refractivity contribution is 0.244. The van der Waals surface area contributed by atoms with Crippen LogP contribution in [0.2, 0.25) is 0 Å². The molecule has 1 aromatic heterocycles. The first-order valence-electron chi connectivity index (χ1n) is 2.44. The molecule has 0 aliphatic carbocycles. The van der Waals surface area contributed by atoms with Crippen molar-refractivity contribution in [3.63, 3.8) is 0 Å². The molecule has 0 unspecified atom stereocenters. The van der Waals surface area contributed by atoms with E-state index in [1.807, 2.05) is 0 Å². The van der Waals surface area contributed by atoms with Crippen molar-refractivity contribution in [1.29, 1.82) is 0 Å². The Kier molecular flexibility index (Phi) is 1.68. The minimum Gasteiger partial charge on any atom is -0.419 e. The van der Waals surface area contributed by atoms with Gasteiger partial charge in [-0.3, -0.25) is 0 Å². The van der Waals surface area contributed by atoms with E-state index in [2.05, 4.69) is 12.2 Å². The summed E-state index contributed by atoms with van der Waals surface area (Å²) in [5.41, 5.74) is 0. The van der Waals surface area contributed by atoms with Crippen LogP contribution in [0.15, 0.2) is 8.83 Å². The molecule has 0 aliphatic rings. The quantitative estimate of drug-likeness (QED) is 0.608. The molecule has 0 aliphatic heterocycles. The van der Waals surface area contributed by atoms with Crippen molar-refractivity contribution < 1.29 is 13.9 Å². The molecule has 3 nitrogen and oxygen atoms in total. The monoisotopic (exact) mass is 146 g/mol. The van der Waals surface area contributed by atoms with E-state index in [1.165, 1.54) is 0 Å². The summed E-state index contributed by atoms with van der Waals surface area (Å²) < 4.78 is 9.56. The Bertz CT molecular complexity index is 247. The molecule has 0 radical (unpaired) electrons. The summed E-state index contributed by atoms with van der Waals surface area (Å²) in [5, 5.41) is 8.53. The average molecular weight is 146 g/mol. The normalized spacial score (nSPS) is 10.0. The van der Waals surface area contributed by atoms with Crippen molar-refractivity contribution in [2.24, 2.45) is 0 Å². The fraction of sp³-hybridized carbons (Fsp3) is 0.400. The van der Waals surface area contributed by atoms with Gasteiger partial charge in [-0.1, -0.05) is 0 Å². The molecule has 0 fully saturated rings. The van der Waals surface area contributed by atoms with Crippen LogP contribution in [0.4, 0.5) is 0 Å². The van der Waals surface area contributed by atoms with Gasteiger partial charge in [0, 0.05) is 12.2 Å². The van der Waals surface area contributed by atoms with E-state index in [0.29, 0.717) is 11.5 Å². The van der Waals surface area contributed by atoms with E-state index in [4.69, 9.17) is 13.9 Å². The fourth-order valence-electron chi connectivity index (χ4n) is 0.519. The van der Waals surface area contributed by atoms with Crippen LogP contribution in [-0.4, -0.2) is 5.11 Å². The van der Waals surface area contributed by atoms with E-state index in [9.17, 15) is 0 Å². The van der Waals surface area contributed by atoms with Gasteiger partial charge in [-0.05, 0) is 6.92 Å². The highest BCUT2D eigenvalue weighted by Gasteiger charge is 2.02. The van der Waals surface area contributed by atoms with Crippen LogP contribution in [0.5, 0.6) is 0 Å². The zero-order valence-corrected chi connectivity index (χ0v) is 5.70. The summed E-state index contributed by atoms with van der Waals surface area (Å²) in [7, 11) is 0. The van der Waals surface area contributed by atoms with Crippen LogP contribution in [0.25, 0.3) is 0 Å². The number of aliphatic hydroxyl groups is 1. The van der Waals surface area contributed by atoms with E-state index >= 15 is 0 Å². The highest BCUT2D eigenvalue weighted by Crippen LogP contribution is 2.09. The maximum Gasteiger partial charge on any atom is 0.363 e. The van der Waals surface area contributed by atoms with Gasteiger partial charge in [-0.25, -0.2) is 0 Å². The lowest BCUT2D eigenvalue weighted by Crippen LogP contribution is -1.79. The van der Waals surface area contributed by atoms with Crippen LogP contribution in [0.3, 0.4) is 0 Å². The second kappa shape index (κ2) is 2.33. The molecule has 1 aromatic rings. The van der Waals surface area contributed by atoms with Gasteiger partial charge < -0.3 is 13.9 Å². The number of aryl methyl sites for hydroxylation is 1. The molecule has 1 N–H and O–H groups in total. The first kappa shape index (κ1) is 6.51. The molecular weight excluding hydrogens is 140 g/mol. The minimum absolute atomic E-state index is 0.0663. The van der Waals surface area contributed by atoms with Crippen LogP contribution < -0.4 is 0 Å². The SMILES string of the molecule is Cc1oc(=S)oc1CO. The van der Waals surface area contributed by atoms with Gasteiger partial charge in [0.2, 0.25) is 0 Å². The third-order valence-electron chi connectivity index (χ3n) is 0.979. The van der Waals surface area contributed by atoms with Gasteiger partial charge in [0.25, 0.3) is 0 Å². The number of aliphatic hydroxyl groups excluding tert-OH is 1. The molecule has 0 bridgehead atoms. The molecule has 0 saturated heterocycles. The largest absolute Gasteiger partial charge is 0.419 e. The molecule has 0 atom stereocenters. The highest BCUT2D eigenvalue weighted by molar-refractivity contribution is 7.71. The van der Waals surface area contributed by atoms with E-state index in [0.717, 1.165) is 0 Å². The van der Waals surface area contributed by atoms with Crippen molar-refractivity contribution in [2.75, 3.05) is 0 Å². The second-order valence-corrected chi connectivity index (χ2v) is 1.92. The molecule has 1 rings (SSSR count). The van der Waals surface area contributed by atoms with Crippen molar-refractivity contribution in [1.82, 2.24) is 0 Å². The Morgan fingerprint density at radius 1 is 1.56 bits per heavy atom. The first-order valence-corrected chi connectivity index (χ1v) is 2.85. The Morgan fingerprint density at radius 3 is 2.44 bits per heavy atom. The molecule has 0 amide bonds. The van der Waals surface area contributed by atoms with Gasteiger partial charge in [0.05, 0.1) is 0 Å². The first-order chi connectivity index (χ1) is 4.24. The number of hydrogen-bond donors (Lipinski definition) is 1. The van der Waals surface area contributed by atoms with Gasteiger partial charge in [0.15, 0.2) is 5.76 Å². The third kappa shape index (κ3) is 1.20. The summed E-state index contributed by atoms with van der Waals surface area (Å²) in [6.45, 7) is 1.52. The molecule has 1 heterocycles. The molecule has 0 saturated carbocycles. The maximum atomic E-state index is 8.53. The predicted molar refractivity (Wildman–Crippen MR) is 32.5 cm³/mol. The Morgan fingerprint density at radius 2 is 2.22 bits per heavy atom. The van der Waals surface area contributed by atoms with Crippen LogP contribution in [0.1, 0.15) is 11.5 Å². The average Bonchev–Trinajstić information content (AvgIpc) is 2.10. The van der Waals surface area contributed by atoms with Crippen LogP contribution >= 0.6 is 12.2 Å². The summed E-state index contributed by atoms with van der Waals surface area (Å²) in [4.78, 5) is 0.0663. The second-order valence-electron chi connectivity index (χ2n) is 1.59. The molecule has 9 heavy (non-hydrogen) atoms. The third-order valence-corrected chi connectivity index (χ3v) is 1.15. The van der Waals surface area contributed by atoms with Gasteiger partial charge >= 0.3 is 4.90 Å². The molecule has 4 heteroatoms. The molecule has 0 spiro atoms. The Labute approximate surface area is 56.9 Å². The Balaban J connectivity index is 3.16. The minimum atomic E-state index is -0.161. The summed E-state index contributed by atoms with van der Waals surface area (Å²) in [6, 6.07) is 0. The van der Waals surface area contributed by atoms with Crippen LogP contribution in [-0.2, 0) is 6.61 Å². The van der Waals surface area contributed by atoms with Gasteiger partial charge in [-0.15, -0.1) is 0 Å². The standard InChI is InChI=1S/C5H6O3S/c1-3-4(2-6)8-5(9)7-3/h6H,2H2,1H3. The van der Waals surface area contributed by atoms with E-state index < -0.39 is 0 Å².